The molecule has 1 aromatic carbocycles. The van der Waals surface area contributed by atoms with E-state index in [4.69, 9.17) is 4.74 Å². The maximum Gasteiger partial charge on any atom is 0.409 e. The number of amides is 1. The van der Waals surface area contributed by atoms with Gasteiger partial charge < -0.3 is 14.6 Å². The molecule has 1 amide bonds. The molecule has 0 aliphatic carbocycles. The average molecular weight is 258 g/mol. The summed E-state index contributed by atoms with van der Waals surface area (Å²) in [5.41, 5.74) is 2.47. The van der Waals surface area contributed by atoms with Crippen molar-refractivity contribution in [1.29, 1.82) is 0 Å². The van der Waals surface area contributed by atoms with Crippen LogP contribution >= 0.6 is 0 Å². The number of hydrogen-bond donors (Lipinski definition) is 1. The van der Waals surface area contributed by atoms with E-state index in [2.05, 4.69) is 29.4 Å². The molecule has 2 aromatic rings. The van der Waals surface area contributed by atoms with Crippen molar-refractivity contribution in [2.45, 2.75) is 19.3 Å². The lowest BCUT2D eigenvalue weighted by Gasteiger charge is -2.15. The van der Waals surface area contributed by atoms with E-state index in [1.54, 1.807) is 4.90 Å². The minimum absolute atomic E-state index is 0.190. The highest BCUT2D eigenvalue weighted by atomic mass is 16.6. The summed E-state index contributed by atoms with van der Waals surface area (Å²) in [6.45, 7) is 3.81. The van der Waals surface area contributed by atoms with E-state index in [0.717, 1.165) is 25.0 Å². The number of nitrogens with zero attached hydrogens (tertiary/aromatic N) is 1. The topological polar surface area (TPSA) is 45.3 Å². The Hall–Kier alpha value is -1.97. The Kier molecular flexibility index (Phi) is 3.15. The van der Waals surface area contributed by atoms with Crippen molar-refractivity contribution in [2.75, 3.05) is 19.7 Å². The molecule has 2 heterocycles. The van der Waals surface area contributed by atoms with E-state index in [1.165, 1.54) is 10.9 Å². The lowest BCUT2D eigenvalue weighted by atomic mass is 9.98. The quantitative estimate of drug-likeness (QED) is 0.899. The molecule has 1 aliphatic rings. The number of hydrogen-bond acceptors (Lipinski definition) is 2. The van der Waals surface area contributed by atoms with Gasteiger partial charge in [-0.25, -0.2) is 4.79 Å². The van der Waals surface area contributed by atoms with Gasteiger partial charge in [0.05, 0.1) is 6.61 Å². The van der Waals surface area contributed by atoms with E-state index in [9.17, 15) is 4.79 Å². The molecule has 0 spiro atoms. The summed E-state index contributed by atoms with van der Waals surface area (Å²) in [7, 11) is 0. The van der Waals surface area contributed by atoms with E-state index >= 15 is 0 Å². The van der Waals surface area contributed by atoms with Gasteiger partial charge in [0.2, 0.25) is 0 Å². The largest absolute Gasteiger partial charge is 0.450 e. The van der Waals surface area contributed by atoms with Crippen LogP contribution in [0.2, 0.25) is 0 Å². The molecule has 4 nitrogen and oxygen atoms in total. The van der Waals surface area contributed by atoms with Crippen LogP contribution in [0.4, 0.5) is 4.79 Å². The Bertz CT molecular complexity index is 591. The van der Waals surface area contributed by atoms with Crippen LogP contribution in [0.3, 0.4) is 0 Å². The van der Waals surface area contributed by atoms with Crippen LogP contribution in [0, 0.1) is 0 Å². The standard InChI is InChI=1S/C15H18N2O2/c1-2-19-15(18)17-8-7-11(10-17)13-9-16-14-6-4-3-5-12(13)14/h3-6,9,11,16H,2,7-8,10H2,1H3. The third-order valence-corrected chi connectivity index (χ3v) is 3.78. The van der Waals surface area contributed by atoms with Gasteiger partial charge in [0.25, 0.3) is 0 Å². The summed E-state index contributed by atoms with van der Waals surface area (Å²) in [5.74, 6) is 0.403. The second-order valence-electron chi connectivity index (χ2n) is 4.92. The van der Waals surface area contributed by atoms with Crippen LogP contribution in [0.1, 0.15) is 24.8 Å². The van der Waals surface area contributed by atoms with Gasteiger partial charge in [0, 0.05) is 36.1 Å². The first-order valence-corrected chi connectivity index (χ1v) is 6.77. The maximum absolute atomic E-state index is 11.7. The molecule has 1 atom stereocenters. The fourth-order valence-electron chi connectivity index (χ4n) is 2.83. The van der Waals surface area contributed by atoms with Crippen molar-refractivity contribution < 1.29 is 9.53 Å². The zero-order chi connectivity index (χ0) is 13.2. The van der Waals surface area contributed by atoms with Gasteiger partial charge in [0.1, 0.15) is 0 Å². The summed E-state index contributed by atoms with van der Waals surface area (Å²) in [6, 6.07) is 8.30. The van der Waals surface area contributed by atoms with E-state index < -0.39 is 0 Å². The zero-order valence-electron chi connectivity index (χ0n) is 11.1. The summed E-state index contributed by atoms with van der Waals surface area (Å²) >= 11 is 0. The van der Waals surface area contributed by atoms with Gasteiger partial charge in [-0.15, -0.1) is 0 Å². The second-order valence-corrected chi connectivity index (χ2v) is 4.92. The molecular formula is C15H18N2O2. The molecule has 1 unspecified atom stereocenters. The molecule has 100 valence electrons. The highest BCUT2D eigenvalue weighted by molar-refractivity contribution is 5.83. The van der Waals surface area contributed by atoms with Crippen LogP contribution in [-0.4, -0.2) is 35.7 Å². The number of benzene rings is 1. The van der Waals surface area contributed by atoms with Crippen molar-refractivity contribution in [3.8, 4) is 0 Å². The van der Waals surface area contributed by atoms with Gasteiger partial charge in [-0.1, -0.05) is 18.2 Å². The van der Waals surface area contributed by atoms with Crippen LogP contribution < -0.4 is 0 Å². The van der Waals surface area contributed by atoms with Gasteiger partial charge >= 0.3 is 6.09 Å². The van der Waals surface area contributed by atoms with E-state index in [-0.39, 0.29) is 6.09 Å². The predicted molar refractivity (Wildman–Crippen MR) is 74.3 cm³/mol. The minimum atomic E-state index is -0.190. The highest BCUT2D eigenvalue weighted by Crippen LogP contribution is 2.32. The molecule has 0 saturated carbocycles. The van der Waals surface area contributed by atoms with E-state index in [0.29, 0.717) is 12.5 Å². The molecular weight excluding hydrogens is 240 g/mol. The van der Waals surface area contributed by atoms with Crippen LogP contribution in [-0.2, 0) is 4.74 Å². The number of aromatic amines is 1. The number of H-pyrrole nitrogens is 1. The van der Waals surface area contributed by atoms with E-state index in [1.807, 2.05) is 13.0 Å². The molecule has 0 bridgehead atoms. The SMILES string of the molecule is CCOC(=O)N1CCC(c2c[nH]c3ccccc23)C1. The fourth-order valence-corrected chi connectivity index (χ4v) is 2.83. The van der Waals surface area contributed by atoms with Gasteiger partial charge in [-0.2, -0.15) is 0 Å². The number of fused-ring (bicyclic) bond motifs is 1. The normalized spacial score (nSPS) is 19.0. The van der Waals surface area contributed by atoms with Crippen molar-refractivity contribution in [2.24, 2.45) is 0 Å². The molecule has 1 saturated heterocycles. The third-order valence-electron chi connectivity index (χ3n) is 3.78. The Labute approximate surface area is 112 Å². The maximum atomic E-state index is 11.7. The first-order chi connectivity index (χ1) is 9.29. The van der Waals surface area contributed by atoms with Crippen LogP contribution in [0.15, 0.2) is 30.5 Å². The lowest BCUT2D eigenvalue weighted by molar-refractivity contribution is 0.115. The fraction of sp³-hybridized carbons (Fsp3) is 0.400. The molecule has 3 rings (SSSR count). The smallest absolute Gasteiger partial charge is 0.409 e. The molecule has 1 aromatic heterocycles. The van der Waals surface area contributed by atoms with Gasteiger partial charge in [0.15, 0.2) is 0 Å². The molecule has 1 N–H and O–H groups in total. The number of carbonyl (C=O) groups is 1. The summed E-state index contributed by atoms with van der Waals surface area (Å²) in [5, 5.41) is 1.26. The lowest BCUT2D eigenvalue weighted by Crippen LogP contribution is -2.29. The minimum Gasteiger partial charge on any atom is -0.450 e. The first-order valence-electron chi connectivity index (χ1n) is 6.77. The molecule has 1 aliphatic heterocycles. The van der Waals surface area contributed by atoms with Crippen molar-refractivity contribution >= 4 is 17.0 Å². The van der Waals surface area contributed by atoms with Crippen molar-refractivity contribution in [3.05, 3.63) is 36.0 Å². The Balaban J connectivity index is 1.79. The monoisotopic (exact) mass is 258 g/mol. The van der Waals surface area contributed by atoms with Crippen molar-refractivity contribution in [3.63, 3.8) is 0 Å². The average Bonchev–Trinajstić information content (AvgIpc) is 3.05. The predicted octanol–water partition coefficient (Wildman–Crippen LogP) is 3.11. The molecule has 19 heavy (non-hydrogen) atoms. The van der Waals surface area contributed by atoms with Crippen LogP contribution in [0.25, 0.3) is 10.9 Å². The number of rotatable bonds is 2. The number of nitrogens with one attached hydrogen (secondary N) is 1. The third kappa shape index (κ3) is 2.18. The Morgan fingerprint density at radius 1 is 1.47 bits per heavy atom. The summed E-state index contributed by atoms with van der Waals surface area (Å²) < 4.78 is 5.06. The highest BCUT2D eigenvalue weighted by Gasteiger charge is 2.29. The molecule has 1 fully saturated rings. The number of para-hydroxylation sites is 1. The van der Waals surface area contributed by atoms with Crippen molar-refractivity contribution in [1.82, 2.24) is 9.88 Å². The summed E-state index contributed by atoms with van der Waals surface area (Å²) in [6.07, 6.45) is 2.88. The molecule has 0 radical (unpaired) electrons. The zero-order valence-corrected chi connectivity index (χ0v) is 11.1. The number of aromatic nitrogens is 1. The Morgan fingerprint density at radius 3 is 3.16 bits per heavy atom. The first kappa shape index (κ1) is 12.1. The number of carbonyl (C=O) groups excluding carboxylic acids is 1. The summed E-state index contributed by atoms with van der Waals surface area (Å²) in [4.78, 5) is 16.8. The number of likely N-dealkylation sites (tertiary alicyclic amines) is 1. The second kappa shape index (κ2) is 4.96. The number of ether oxygens (including phenoxy) is 1. The molecule has 4 heteroatoms. The van der Waals surface area contributed by atoms with Crippen LogP contribution in [0.5, 0.6) is 0 Å². The van der Waals surface area contributed by atoms with Gasteiger partial charge in [-0.05, 0) is 25.0 Å². The van der Waals surface area contributed by atoms with Gasteiger partial charge in [-0.3, -0.25) is 0 Å². The Morgan fingerprint density at radius 2 is 2.32 bits per heavy atom.